The first-order valence-electron chi connectivity index (χ1n) is 23.8. The Morgan fingerprint density at radius 3 is 2.52 bits per heavy atom. The van der Waals surface area contributed by atoms with Gasteiger partial charge in [0.1, 0.15) is 37.9 Å². The molecule has 3 unspecified atom stereocenters. The monoisotopic (exact) mass is 955 g/mol. The Morgan fingerprint density at radius 1 is 0.913 bits per heavy atom. The molecule has 19 heteroatoms. The number of hydrogen-bond acceptors (Lipinski definition) is 16. The maximum Gasteiger partial charge on any atom is 0.334 e. The normalized spacial score (nSPS) is 24.5. The van der Waals surface area contributed by atoms with Crippen LogP contribution in [0.4, 0.5) is 5.69 Å². The number of carbonyl (C=O) groups is 4. The van der Waals surface area contributed by atoms with Gasteiger partial charge in [-0.05, 0) is 67.0 Å². The molecule has 69 heavy (non-hydrogen) atoms. The highest BCUT2D eigenvalue weighted by atomic mass is 17.2. The molecule has 0 bridgehead atoms. The summed E-state index contributed by atoms with van der Waals surface area (Å²) in [4.78, 5) is 70.9. The largest absolute Gasteiger partial charge is 0.497 e. The summed E-state index contributed by atoms with van der Waals surface area (Å²) in [6.45, 7) is 2.31. The molecule has 4 heterocycles. The van der Waals surface area contributed by atoms with E-state index in [1.807, 2.05) is 34.1 Å². The van der Waals surface area contributed by atoms with Gasteiger partial charge in [-0.25, -0.2) is 14.6 Å². The summed E-state index contributed by atoms with van der Waals surface area (Å²) >= 11 is 0. The minimum absolute atomic E-state index is 0.0299. The van der Waals surface area contributed by atoms with Gasteiger partial charge in [0.05, 0.1) is 69.7 Å². The molecule has 3 N–H and O–H groups in total. The van der Waals surface area contributed by atoms with E-state index in [0.29, 0.717) is 71.0 Å². The van der Waals surface area contributed by atoms with E-state index in [2.05, 4.69) is 28.9 Å². The predicted molar refractivity (Wildman–Crippen MR) is 246 cm³/mol. The van der Waals surface area contributed by atoms with Gasteiger partial charge >= 0.3 is 5.97 Å². The highest BCUT2D eigenvalue weighted by molar-refractivity contribution is 6.01. The summed E-state index contributed by atoms with van der Waals surface area (Å²) in [5, 5.41) is 17.2. The first kappa shape index (κ1) is 47.8. The summed E-state index contributed by atoms with van der Waals surface area (Å²) in [7, 11) is 4.94. The summed E-state index contributed by atoms with van der Waals surface area (Å²) in [5.74, 6) is 1.01. The van der Waals surface area contributed by atoms with E-state index in [1.54, 1.807) is 27.3 Å². The molecule has 1 aromatic rings. The van der Waals surface area contributed by atoms with E-state index in [1.165, 1.54) is 11.1 Å². The third-order valence-electron chi connectivity index (χ3n) is 13.6. The van der Waals surface area contributed by atoms with E-state index in [0.717, 1.165) is 42.7 Å². The highest BCUT2D eigenvalue weighted by Gasteiger charge is 2.45. The van der Waals surface area contributed by atoms with E-state index >= 15 is 0 Å². The van der Waals surface area contributed by atoms with Crippen molar-refractivity contribution >= 4 is 29.4 Å². The average molecular weight is 956 g/mol. The van der Waals surface area contributed by atoms with Crippen molar-refractivity contribution in [1.29, 1.82) is 0 Å². The number of likely N-dealkylation sites (tertiary alicyclic amines) is 1. The molecule has 0 radical (unpaired) electrons. The van der Waals surface area contributed by atoms with E-state index in [9.17, 15) is 24.3 Å². The SMILES string of the molecule is CNc1cc(OCC2C=C(OCCOOCCOCCC(=O)ON3C(=O)CC[C@H]3O)C=C(COC3=C(OC)CC4C(=O)N5C6=CCC=C6C[C@H]5CNC4=C3)C2)c(OC)cc1C(=O)N1CCC2=CCC21. The van der Waals surface area contributed by atoms with Gasteiger partial charge in [-0.3, -0.25) is 14.4 Å². The molecule has 9 rings (SSSR count). The molecule has 0 aromatic heterocycles. The molecule has 4 aliphatic heterocycles. The fraction of sp³-hybridized carbons (Fsp3) is 0.520. The van der Waals surface area contributed by atoms with E-state index in [4.69, 9.17) is 43.0 Å². The number of nitrogens with one attached hydrogen (secondary N) is 2. The number of hydrogen-bond donors (Lipinski definition) is 3. The number of aliphatic hydroxyl groups excluding tert-OH is 1. The number of carbonyl (C=O) groups excluding carboxylic acids is 4. The van der Waals surface area contributed by atoms with Gasteiger partial charge < -0.3 is 58.8 Å². The van der Waals surface area contributed by atoms with Crippen LogP contribution < -0.4 is 20.1 Å². The maximum atomic E-state index is 14.0. The predicted octanol–water partition coefficient (Wildman–Crippen LogP) is 4.46. The first-order valence-corrected chi connectivity index (χ1v) is 23.8. The fourth-order valence-electron chi connectivity index (χ4n) is 10.00. The lowest BCUT2D eigenvalue weighted by Gasteiger charge is -2.30. The molecule has 4 saturated heterocycles. The molecule has 0 saturated carbocycles. The van der Waals surface area contributed by atoms with Crippen molar-refractivity contribution in [3.8, 4) is 11.5 Å². The number of fused-ring (bicyclic) bond motifs is 5. The minimum atomic E-state index is -1.13. The molecule has 0 spiro atoms. The quantitative estimate of drug-likeness (QED) is 0.0636. The Morgan fingerprint density at radius 2 is 1.77 bits per heavy atom. The number of methoxy groups -OCH3 is 2. The van der Waals surface area contributed by atoms with Crippen LogP contribution in [0.15, 0.2) is 94.0 Å². The van der Waals surface area contributed by atoms with Crippen LogP contribution in [0.1, 0.15) is 68.1 Å². The molecule has 370 valence electrons. The van der Waals surface area contributed by atoms with Crippen LogP contribution in [0.25, 0.3) is 0 Å². The van der Waals surface area contributed by atoms with E-state index < -0.39 is 24.0 Å². The maximum absolute atomic E-state index is 14.0. The zero-order chi connectivity index (χ0) is 48.0. The molecule has 8 aliphatic rings. The first-order chi connectivity index (χ1) is 33.6. The number of aliphatic hydroxyl groups is 1. The fourth-order valence-corrected chi connectivity index (χ4v) is 10.00. The second-order valence-electron chi connectivity index (χ2n) is 17.9. The Labute approximate surface area is 400 Å². The molecule has 4 aliphatic carbocycles. The summed E-state index contributed by atoms with van der Waals surface area (Å²) in [6.07, 6.45) is 15.9. The third kappa shape index (κ3) is 10.5. The van der Waals surface area contributed by atoms with Crippen molar-refractivity contribution < 1.29 is 67.3 Å². The number of allylic oxidation sites excluding steroid dienone is 6. The Kier molecular flexibility index (Phi) is 14.9. The van der Waals surface area contributed by atoms with Crippen molar-refractivity contribution in [3.05, 3.63) is 99.5 Å². The van der Waals surface area contributed by atoms with Crippen molar-refractivity contribution in [2.24, 2.45) is 11.8 Å². The topological polar surface area (TPSA) is 205 Å². The van der Waals surface area contributed by atoms with Gasteiger partial charge in [0.2, 0.25) is 5.91 Å². The Balaban J connectivity index is 0.810. The van der Waals surface area contributed by atoms with Crippen molar-refractivity contribution in [3.63, 3.8) is 0 Å². The lowest BCUT2D eigenvalue weighted by atomic mass is 9.92. The number of rotatable bonds is 22. The second kappa shape index (κ2) is 21.6. The number of ether oxygens (including phenoxy) is 6. The van der Waals surface area contributed by atoms with E-state index in [-0.39, 0.29) is 95.3 Å². The smallest absolute Gasteiger partial charge is 0.334 e. The van der Waals surface area contributed by atoms with Crippen molar-refractivity contribution in [2.45, 2.75) is 76.1 Å². The number of benzene rings is 1. The molecule has 5 atom stereocenters. The summed E-state index contributed by atoms with van der Waals surface area (Å²) in [6, 6.07) is 3.79. The van der Waals surface area contributed by atoms with Crippen LogP contribution >= 0.6 is 0 Å². The lowest BCUT2D eigenvalue weighted by Crippen LogP contribution is -2.38. The average Bonchev–Trinajstić information content (AvgIpc) is 4.09. The molecule has 1 aromatic carbocycles. The molecule has 4 fully saturated rings. The third-order valence-corrected chi connectivity index (χ3v) is 13.6. The van der Waals surface area contributed by atoms with Crippen LogP contribution in [0.2, 0.25) is 0 Å². The van der Waals surface area contributed by atoms with Crippen LogP contribution in [0.5, 0.6) is 11.5 Å². The standard InChI is InChI=1S/C50H61N5O14/c1-51-38-25-44(42(61-2)23-36(38)49(59)53-13-11-32-7-8-40(32)53)65-28-30-19-31(21-35(20-30)64-16-18-68-67-17-15-63-14-12-48(58)69-55-46(56)9-10-47(55)57)29-66-45-26-39-37(24-43(45)62-3)50(60)54-34(27-52-39)22-33-5-4-6-41(33)54/h5-7,20-21,23,25-26,30,34,37,40,46,51-52,56H,4,8-19,22,24,27-29H2,1-3H3/t30?,34-,37?,40?,46+/m0/s1. The minimum Gasteiger partial charge on any atom is -0.497 e. The summed E-state index contributed by atoms with van der Waals surface area (Å²) < 4.78 is 36.2. The Hall–Kier alpha value is -6.28. The summed E-state index contributed by atoms with van der Waals surface area (Å²) in [5.41, 5.74) is 6.54. The van der Waals surface area contributed by atoms with Gasteiger partial charge in [-0.1, -0.05) is 18.2 Å². The number of nitrogens with zero attached hydrogens (tertiary/aromatic N) is 3. The van der Waals surface area contributed by atoms with Crippen LogP contribution in [0.3, 0.4) is 0 Å². The van der Waals surface area contributed by atoms with Crippen molar-refractivity contribution in [2.75, 3.05) is 85.9 Å². The van der Waals surface area contributed by atoms with Crippen LogP contribution in [0, 0.1) is 11.8 Å². The van der Waals surface area contributed by atoms with Gasteiger partial charge in [-0.2, -0.15) is 0 Å². The number of hydroxylamine groups is 2. The highest BCUT2D eigenvalue weighted by Crippen LogP contribution is 2.43. The Bertz CT molecular complexity index is 2400. The van der Waals surface area contributed by atoms with Gasteiger partial charge in [0, 0.05) is 68.9 Å². The number of amides is 3. The van der Waals surface area contributed by atoms with Gasteiger partial charge in [-0.15, -0.1) is 5.06 Å². The zero-order valence-electron chi connectivity index (χ0n) is 39.3. The lowest BCUT2D eigenvalue weighted by molar-refractivity contribution is -0.302. The molecule has 19 nitrogen and oxygen atoms in total. The second-order valence-corrected chi connectivity index (χ2v) is 17.9. The molecular weight excluding hydrogens is 895 g/mol. The zero-order valence-corrected chi connectivity index (χ0v) is 39.3. The van der Waals surface area contributed by atoms with Crippen LogP contribution in [-0.4, -0.2) is 143 Å². The molecular formula is C50H61N5O14. The van der Waals surface area contributed by atoms with Crippen molar-refractivity contribution in [1.82, 2.24) is 20.2 Å². The van der Waals surface area contributed by atoms with Gasteiger partial charge in [0.25, 0.3) is 11.8 Å². The van der Waals surface area contributed by atoms with Gasteiger partial charge in [0.15, 0.2) is 23.5 Å². The number of anilines is 1. The van der Waals surface area contributed by atoms with Crippen LogP contribution in [-0.2, 0) is 47.9 Å². The molecule has 3 amide bonds.